The highest BCUT2D eigenvalue weighted by atomic mass is 19.1. The summed E-state index contributed by atoms with van der Waals surface area (Å²) in [7, 11) is 1.54. The molecular formula is C19H15FN2O4. The van der Waals surface area contributed by atoms with Gasteiger partial charge in [0, 0.05) is 0 Å². The van der Waals surface area contributed by atoms with Crippen LogP contribution in [0.1, 0.15) is 11.1 Å². The van der Waals surface area contributed by atoms with Gasteiger partial charge in [-0.25, -0.2) is 14.1 Å². The predicted octanol–water partition coefficient (Wildman–Crippen LogP) is 2.81. The van der Waals surface area contributed by atoms with Crippen LogP contribution in [0, 0.1) is 12.7 Å². The molecule has 3 rings (SSSR count). The van der Waals surface area contributed by atoms with Gasteiger partial charge in [0.25, 0.3) is 11.8 Å². The number of carbonyl (C=O) groups excluding carboxylic acids is 3. The molecule has 1 heterocycles. The molecule has 1 N–H and O–H groups in total. The summed E-state index contributed by atoms with van der Waals surface area (Å²) in [5.74, 6) is -1.42. The molecule has 6 nitrogen and oxygen atoms in total. The van der Waals surface area contributed by atoms with Crippen LogP contribution in [0.4, 0.5) is 14.9 Å². The number of methoxy groups -OCH3 is 1. The number of anilines is 1. The van der Waals surface area contributed by atoms with E-state index in [4.69, 9.17) is 4.74 Å². The topological polar surface area (TPSA) is 75.7 Å². The maximum absolute atomic E-state index is 13.1. The van der Waals surface area contributed by atoms with Crippen molar-refractivity contribution in [3.05, 3.63) is 65.0 Å². The summed E-state index contributed by atoms with van der Waals surface area (Å²) in [5.41, 5.74) is 1.40. The number of aryl methyl sites for hydroxylation is 1. The number of rotatable bonds is 3. The molecule has 1 aliphatic rings. The molecule has 132 valence electrons. The third-order valence-corrected chi connectivity index (χ3v) is 3.96. The van der Waals surface area contributed by atoms with Crippen LogP contribution < -0.4 is 15.0 Å². The van der Waals surface area contributed by atoms with Crippen molar-refractivity contribution in [3.8, 4) is 5.75 Å². The lowest BCUT2D eigenvalue weighted by Gasteiger charge is -2.26. The Hall–Kier alpha value is -3.48. The van der Waals surface area contributed by atoms with Crippen molar-refractivity contribution >= 4 is 29.6 Å². The zero-order chi connectivity index (χ0) is 18.8. The van der Waals surface area contributed by atoms with Gasteiger partial charge in [-0.05, 0) is 60.5 Å². The lowest BCUT2D eigenvalue weighted by Crippen LogP contribution is -2.54. The summed E-state index contributed by atoms with van der Waals surface area (Å²) < 4.78 is 18.2. The van der Waals surface area contributed by atoms with Crippen molar-refractivity contribution in [3.63, 3.8) is 0 Å². The molecule has 7 heteroatoms. The number of halogens is 1. The number of nitrogens with zero attached hydrogens (tertiary/aromatic N) is 1. The van der Waals surface area contributed by atoms with Gasteiger partial charge in [-0.2, -0.15) is 0 Å². The zero-order valence-corrected chi connectivity index (χ0v) is 14.1. The first-order valence-corrected chi connectivity index (χ1v) is 7.72. The van der Waals surface area contributed by atoms with Crippen LogP contribution in [-0.4, -0.2) is 25.0 Å². The largest absolute Gasteiger partial charge is 0.497 e. The Morgan fingerprint density at radius 3 is 2.38 bits per heavy atom. The maximum Gasteiger partial charge on any atom is 0.335 e. The standard InChI is InChI=1S/C19H15FN2O4/c1-11-9-15(26-2)8-3-12(11)10-16-17(23)21-19(25)22(18(16)24)14-6-4-13(20)5-7-14/h3-10H,1-2H3,(H,21,23,25)/b16-10+. The molecule has 4 amide bonds. The second-order valence-corrected chi connectivity index (χ2v) is 5.66. The Balaban J connectivity index is 2.01. The van der Waals surface area contributed by atoms with Gasteiger partial charge in [0.1, 0.15) is 17.1 Å². The molecule has 0 spiro atoms. The first-order valence-electron chi connectivity index (χ1n) is 7.72. The van der Waals surface area contributed by atoms with Gasteiger partial charge in [-0.3, -0.25) is 14.9 Å². The van der Waals surface area contributed by atoms with Gasteiger partial charge in [0.2, 0.25) is 0 Å². The number of hydrogen-bond donors (Lipinski definition) is 1. The second kappa shape index (κ2) is 6.79. The quantitative estimate of drug-likeness (QED) is 0.679. The Bertz CT molecular complexity index is 935. The molecule has 2 aromatic rings. The number of amides is 4. The summed E-state index contributed by atoms with van der Waals surface area (Å²) in [6.07, 6.45) is 1.41. The van der Waals surface area contributed by atoms with E-state index in [2.05, 4.69) is 5.32 Å². The van der Waals surface area contributed by atoms with E-state index in [1.165, 1.54) is 25.3 Å². The molecule has 0 bridgehead atoms. The molecule has 0 unspecified atom stereocenters. The molecule has 26 heavy (non-hydrogen) atoms. The molecule has 0 saturated carbocycles. The molecular weight excluding hydrogens is 339 g/mol. The highest BCUT2D eigenvalue weighted by molar-refractivity contribution is 6.39. The minimum atomic E-state index is -0.879. The van der Waals surface area contributed by atoms with Crippen LogP contribution in [-0.2, 0) is 9.59 Å². The minimum Gasteiger partial charge on any atom is -0.497 e. The van der Waals surface area contributed by atoms with Gasteiger partial charge in [-0.15, -0.1) is 0 Å². The molecule has 0 aliphatic carbocycles. The normalized spacial score (nSPS) is 16.0. The number of nitrogens with one attached hydrogen (secondary N) is 1. The van der Waals surface area contributed by atoms with E-state index < -0.39 is 23.7 Å². The van der Waals surface area contributed by atoms with Crippen LogP contribution in [0.15, 0.2) is 48.0 Å². The average molecular weight is 354 g/mol. The Kier molecular flexibility index (Phi) is 4.53. The number of ether oxygens (including phenoxy) is 1. The van der Waals surface area contributed by atoms with Crippen LogP contribution >= 0.6 is 0 Å². The lowest BCUT2D eigenvalue weighted by atomic mass is 10.0. The van der Waals surface area contributed by atoms with E-state index in [0.29, 0.717) is 11.3 Å². The number of imide groups is 2. The Morgan fingerprint density at radius 2 is 1.77 bits per heavy atom. The van der Waals surface area contributed by atoms with Crippen LogP contribution in [0.3, 0.4) is 0 Å². The molecule has 1 aliphatic heterocycles. The zero-order valence-electron chi connectivity index (χ0n) is 14.1. The third kappa shape index (κ3) is 3.19. The van der Waals surface area contributed by atoms with Crippen molar-refractivity contribution in [1.29, 1.82) is 0 Å². The molecule has 0 aromatic heterocycles. The van der Waals surface area contributed by atoms with E-state index in [0.717, 1.165) is 22.6 Å². The van der Waals surface area contributed by atoms with Gasteiger partial charge in [-0.1, -0.05) is 6.07 Å². The first-order chi connectivity index (χ1) is 12.4. The number of barbiturate groups is 1. The fourth-order valence-electron chi connectivity index (χ4n) is 2.57. The number of carbonyl (C=O) groups is 3. The van der Waals surface area contributed by atoms with Crippen LogP contribution in [0.2, 0.25) is 0 Å². The van der Waals surface area contributed by atoms with E-state index in [1.807, 2.05) is 6.92 Å². The Labute approximate surface area is 148 Å². The van der Waals surface area contributed by atoms with Gasteiger partial charge in [0.15, 0.2) is 0 Å². The van der Waals surface area contributed by atoms with E-state index >= 15 is 0 Å². The smallest absolute Gasteiger partial charge is 0.335 e. The van der Waals surface area contributed by atoms with Crippen molar-refractivity contribution in [2.75, 3.05) is 12.0 Å². The fourth-order valence-corrected chi connectivity index (χ4v) is 2.57. The van der Waals surface area contributed by atoms with Crippen LogP contribution in [0.25, 0.3) is 6.08 Å². The molecule has 1 saturated heterocycles. The van der Waals surface area contributed by atoms with Gasteiger partial charge >= 0.3 is 6.03 Å². The van der Waals surface area contributed by atoms with Gasteiger partial charge in [0.05, 0.1) is 12.8 Å². The van der Waals surface area contributed by atoms with Crippen molar-refractivity contribution in [2.24, 2.45) is 0 Å². The number of benzene rings is 2. The van der Waals surface area contributed by atoms with Crippen molar-refractivity contribution in [2.45, 2.75) is 6.92 Å². The average Bonchev–Trinajstić information content (AvgIpc) is 2.61. The highest BCUT2D eigenvalue weighted by Gasteiger charge is 2.36. The third-order valence-electron chi connectivity index (χ3n) is 3.96. The Morgan fingerprint density at radius 1 is 1.08 bits per heavy atom. The summed E-state index contributed by atoms with van der Waals surface area (Å²) in [5, 5.41) is 2.13. The lowest BCUT2D eigenvalue weighted by molar-refractivity contribution is -0.122. The molecule has 0 radical (unpaired) electrons. The molecule has 1 fully saturated rings. The minimum absolute atomic E-state index is 0.166. The first kappa shape index (κ1) is 17.3. The summed E-state index contributed by atoms with van der Waals surface area (Å²) in [6, 6.07) is 9.13. The fraction of sp³-hybridized carbons (Fsp3) is 0.105. The number of urea groups is 1. The SMILES string of the molecule is COc1ccc(/C=C2\C(=O)NC(=O)N(c3ccc(F)cc3)C2=O)c(C)c1. The van der Waals surface area contributed by atoms with Gasteiger partial charge < -0.3 is 4.74 Å². The van der Waals surface area contributed by atoms with Crippen LogP contribution in [0.5, 0.6) is 5.75 Å². The summed E-state index contributed by atoms with van der Waals surface area (Å²) >= 11 is 0. The van der Waals surface area contributed by atoms with E-state index in [-0.39, 0.29) is 11.3 Å². The second-order valence-electron chi connectivity index (χ2n) is 5.66. The maximum atomic E-state index is 13.1. The van der Waals surface area contributed by atoms with Crippen molar-refractivity contribution in [1.82, 2.24) is 5.32 Å². The highest BCUT2D eigenvalue weighted by Crippen LogP contribution is 2.24. The summed E-state index contributed by atoms with van der Waals surface area (Å²) in [4.78, 5) is 37.8. The van der Waals surface area contributed by atoms with Crippen molar-refractivity contribution < 1.29 is 23.5 Å². The summed E-state index contributed by atoms with van der Waals surface area (Å²) in [6.45, 7) is 1.81. The van der Waals surface area contributed by atoms with E-state index in [9.17, 15) is 18.8 Å². The molecule has 2 aromatic carbocycles. The van der Waals surface area contributed by atoms with E-state index in [1.54, 1.807) is 18.2 Å². The predicted molar refractivity (Wildman–Crippen MR) is 93.1 cm³/mol. The monoisotopic (exact) mass is 354 g/mol. The molecule has 0 atom stereocenters. The number of hydrogen-bond acceptors (Lipinski definition) is 4.